The van der Waals surface area contributed by atoms with Gasteiger partial charge in [0.05, 0.1) is 3.79 Å². The van der Waals surface area contributed by atoms with Crippen LogP contribution in [0.25, 0.3) is 0 Å². The van der Waals surface area contributed by atoms with Gasteiger partial charge in [0.25, 0.3) is 0 Å². The molecule has 1 aromatic heterocycles. The maximum Gasteiger partial charge on any atom is 0.336 e. The van der Waals surface area contributed by atoms with Gasteiger partial charge in [-0.2, -0.15) is 0 Å². The molecule has 2 nitrogen and oxygen atoms in total. The van der Waals surface area contributed by atoms with Crippen LogP contribution in [0.5, 0.6) is 5.06 Å². The number of hydrogen-bond donors (Lipinski definition) is 0. The number of thiophene rings is 1. The topological polar surface area (TPSA) is 26.3 Å². The lowest BCUT2D eigenvalue weighted by Gasteiger charge is -1.96. The Hall–Kier alpha value is -0.610. The number of carbonyl (C=O) groups excluding carboxylic acids is 1. The van der Waals surface area contributed by atoms with Crippen LogP contribution in [-0.4, -0.2) is 5.97 Å². The molecule has 0 aliphatic carbocycles. The molecule has 0 unspecified atom stereocenters. The van der Waals surface area contributed by atoms with E-state index in [4.69, 9.17) is 4.74 Å². The molecule has 1 aromatic rings. The molecule has 64 valence electrons. The highest BCUT2D eigenvalue weighted by molar-refractivity contribution is 9.11. The van der Waals surface area contributed by atoms with Crippen LogP contribution in [0.15, 0.2) is 22.5 Å². The van der Waals surface area contributed by atoms with Crippen molar-refractivity contribution in [2.75, 3.05) is 0 Å². The Morgan fingerprint density at radius 2 is 2.50 bits per heavy atom. The van der Waals surface area contributed by atoms with E-state index in [-0.39, 0.29) is 0 Å². The Morgan fingerprint density at radius 3 is 2.92 bits per heavy atom. The fourth-order valence-corrected chi connectivity index (χ4v) is 2.20. The number of aryl methyl sites for hydroxylation is 1. The van der Waals surface area contributed by atoms with Crippen molar-refractivity contribution in [3.05, 3.63) is 28.1 Å². The van der Waals surface area contributed by atoms with Gasteiger partial charge < -0.3 is 4.74 Å². The summed E-state index contributed by atoms with van der Waals surface area (Å²) >= 11 is 4.68. The molecule has 0 bridgehead atoms. The summed E-state index contributed by atoms with van der Waals surface area (Å²) in [5.41, 5.74) is 0.946. The molecule has 0 radical (unpaired) electrons. The minimum Gasteiger partial charge on any atom is -0.412 e. The van der Waals surface area contributed by atoms with E-state index in [1.807, 2.05) is 13.0 Å². The average Bonchev–Trinajstić information content (AvgIpc) is 2.30. The summed E-state index contributed by atoms with van der Waals surface area (Å²) in [6.07, 6.45) is 1.15. The summed E-state index contributed by atoms with van der Waals surface area (Å²) < 4.78 is 5.90. The molecule has 1 rings (SSSR count). The first-order valence-corrected chi connectivity index (χ1v) is 4.84. The van der Waals surface area contributed by atoms with Crippen LogP contribution < -0.4 is 4.74 Å². The molecule has 0 atom stereocenters. The summed E-state index contributed by atoms with van der Waals surface area (Å²) in [4.78, 5) is 10.8. The van der Waals surface area contributed by atoms with Crippen molar-refractivity contribution in [3.63, 3.8) is 0 Å². The van der Waals surface area contributed by atoms with Crippen LogP contribution in [0.4, 0.5) is 0 Å². The van der Waals surface area contributed by atoms with E-state index < -0.39 is 5.97 Å². The molecule has 4 heteroatoms. The molecule has 0 N–H and O–H groups in total. The summed E-state index contributed by atoms with van der Waals surface area (Å²) in [6, 6.07) is 1.90. The van der Waals surface area contributed by atoms with Gasteiger partial charge in [-0.05, 0) is 28.9 Å². The van der Waals surface area contributed by atoms with E-state index in [1.165, 1.54) is 11.3 Å². The molecule has 0 saturated carbocycles. The van der Waals surface area contributed by atoms with Crippen LogP contribution in [0.1, 0.15) is 5.56 Å². The maximum atomic E-state index is 10.8. The van der Waals surface area contributed by atoms with Gasteiger partial charge in [-0.25, -0.2) is 4.79 Å². The van der Waals surface area contributed by atoms with Gasteiger partial charge in [0.2, 0.25) is 0 Å². The lowest BCUT2D eigenvalue weighted by atomic mass is 10.4. The average molecular weight is 247 g/mol. The Bertz CT molecular complexity index is 317. The van der Waals surface area contributed by atoms with E-state index in [0.29, 0.717) is 5.06 Å². The normalized spacial score (nSPS) is 9.50. The predicted octanol–water partition coefficient (Wildman–Crippen LogP) is 2.91. The smallest absolute Gasteiger partial charge is 0.336 e. The summed E-state index contributed by atoms with van der Waals surface area (Å²) in [6.45, 7) is 5.19. The second-order valence-electron chi connectivity index (χ2n) is 2.15. The van der Waals surface area contributed by atoms with Crippen molar-refractivity contribution < 1.29 is 9.53 Å². The van der Waals surface area contributed by atoms with E-state index >= 15 is 0 Å². The second kappa shape index (κ2) is 3.87. The minimum absolute atomic E-state index is 0.424. The third-order valence-corrected chi connectivity index (χ3v) is 2.82. The molecular weight excluding hydrogens is 240 g/mol. The first-order chi connectivity index (χ1) is 5.63. The molecular formula is C8H7BrO2S. The lowest BCUT2D eigenvalue weighted by Crippen LogP contribution is -2.02. The quantitative estimate of drug-likeness (QED) is 0.593. The molecule has 0 saturated heterocycles. The molecule has 12 heavy (non-hydrogen) atoms. The number of esters is 1. The number of rotatable bonds is 2. The molecule has 0 aliphatic heterocycles. The van der Waals surface area contributed by atoms with Crippen molar-refractivity contribution >= 4 is 33.2 Å². The van der Waals surface area contributed by atoms with Crippen LogP contribution in [-0.2, 0) is 4.79 Å². The molecule has 0 amide bonds. The molecule has 0 aromatic carbocycles. The van der Waals surface area contributed by atoms with E-state index in [1.54, 1.807) is 0 Å². The van der Waals surface area contributed by atoms with Crippen molar-refractivity contribution in [1.29, 1.82) is 0 Å². The van der Waals surface area contributed by atoms with Gasteiger partial charge in [0, 0.05) is 11.6 Å². The Morgan fingerprint density at radius 1 is 1.83 bits per heavy atom. The molecule has 0 spiro atoms. The molecule has 0 fully saturated rings. The van der Waals surface area contributed by atoms with Gasteiger partial charge >= 0.3 is 5.97 Å². The zero-order valence-corrected chi connectivity index (χ0v) is 8.87. The van der Waals surface area contributed by atoms with Crippen LogP contribution in [0.2, 0.25) is 0 Å². The monoisotopic (exact) mass is 246 g/mol. The highest BCUT2D eigenvalue weighted by atomic mass is 79.9. The third kappa shape index (κ3) is 2.19. The SMILES string of the molecule is C=CC(=O)Oc1sc(Br)cc1C. The first kappa shape index (κ1) is 9.48. The van der Waals surface area contributed by atoms with Crippen molar-refractivity contribution in [3.8, 4) is 5.06 Å². The van der Waals surface area contributed by atoms with E-state index in [0.717, 1.165) is 15.4 Å². The Labute approximate surface area is 83.0 Å². The van der Waals surface area contributed by atoms with Crippen molar-refractivity contribution in [1.82, 2.24) is 0 Å². The van der Waals surface area contributed by atoms with Crippen LogP contribution in [0.3, 0.4) is 0 Å². The van der Waals surface area contributed by atoms with Crippen molar-refractivity contribution in [2.24, 2.45) is 0 Å². The number of hydrogen-bond acceptors (Lipinski definition) is 3. The first-order valence-electron chi connectivity index (χ1n) is 3.23. The zero-order chi connectivity index (χ0) is 9.14. The van der Waals surface area contributed by atoms with Crippen LogP contribution >= 0.6 is 27.3 Å². The second-order valence-corrected chi connectivity index (χ2v) is 4.54. The highest BCUT2D eigenvalue weighted by Gasteiger charge is 2.07. The summed E-state index contributed by atoms with van der Waals surface area (Å²) in [5.74, 6) is -0.424. The fourth-order valence-electron chi connectivity index (χ4n) is 0.662. The van der Waals surface area contributed by atoms with Gasteiger partial charge in [-0.3, -0.25) is 0 Å². The van der Waals surface area contributed by atoms with Gasteiger partial charge in [-0.15, -0.1) is 0 Å². The largest absolute Gasteiger partial charge is 0.412 e. The van der Waals surface area contributed by atoms with E-state index in [2.05, 4.69) is 22.5 Å². The predicted molar refractivity (Wildman–Crippen MR) is 52.6 cm³/mol. The molecule has 0 aliphatic rings. The van der Waals surface area contributed by atoms with Gasteiger partial charge in [-0.1, -0.05) is 17.9 Å². The third-order valence-electron chi connectivity index (χ3n) is 1.20. The highest BCUT2D eigenvalue weighted by Crippen LogP contribution is 2.33. The lowest BCUT2D eigenvalue weighted by molar-refractivity contribution is -0.128. The maximum absolute atomic E-state index is 10.8. The van der Waals surface area contributed by atoms with Gasteiger partial charge in [0.1, 0.15) is 0 Å². The fraction of sp³-hybridized carbons (Fsp3) is 0.125. The van der Waals surface area contributed by atoms with Crippen molar-refractivity contribution in [2.45, 2.75) is 6.92 Å². The number of halogens is 1. The van der Waals surface area contributed by atoms with Gasteiger partial charge in [0.15, 0.2) is 5.06 Å². The molecule has 1 heterocycles. The zero-order valence-electron chi connectivity index (χ0n) is 6.46. The minimum atomic E-state index is -0.424. The summed E-state index contributed by atoms with van der Waals surface area (Å²) in [5, 5.41) is 0.617. The summed E-state index contributed by atoms with van der Waals surface area (Å²) in [7, 11) is 0. The Kier molecular flexibility index (Phi) is 3.05. The Balaban J connectivity index is 2.81. The number of carbonyl (C=O) groups is 1. The number of ether oxygens (including phenoxy) is 1. The van der Waals surface area contributed by atoms with Crippen LogP contribution in [0, 0.1) is 6.92 Å². The standard InChI is InChI=1S/C8H7BrO2S/c1-3-7(10)11-8-5(2)4-6(9)12-8/h3-4H,1H2,2H3. The van der Waals surface area contributed by atoms with E-state index in [9.17, 15) is 4.79 Å².